The van der Waals surface area contributed by atoms with Crippen LogP contribution < -0.4 is 5.32 Å². The summed E-state index contributed by atoms with van der Waals surface area (Å²) in [6, 6.07) is 6.99. The van der Waals surface area contributed by atoms with Crippen molar-refractivity contribution in [2.45, 2.75) is 6.54 Å². The number of nitrogens with zero attached hydrogens (tertiary/aromatic N) is 7. The lowest BCUT2D eigenvalue weighted by molar-refractivity contribution is -0.117. The van der Waals surface area contributed by atoms with Gasteiger partial charge in [0, 0.05) is 16.0 Å². The van der Waals surface area contributed by atoms with Crippen molar-refractivity contribution in [3.8, 4) is 17.1 Å². The Labute approximate surface area is 156 Å². The van der Waals surface area contributed by atoms with Gasteiger partial charge in [-0.05, 0) is 34.9 Å². The minimum Gasteiger partial charge on any atom is -0.322 e. The molecule has 9 nitrogen and oxygen atoms in total. The summed E-state index contributed by atoms with van der Waals surface area (Å²) in [4.78, 5) is 17.5. The molecule has 3 heterocycles. The third-order valence-corrected chi connectivity index (χ3v) is 4.33. The third-order valence-electron chi connectivity index (χ3n) is 3.42. The summed E-state index contributed by atoms with van der Waals surface area (Å²) in [7, 11) is 0. The first-order valence-electron chi connectivity index (χ1n) is 7.44. The van der Waals surface area contributed by atoms with Crippen LogP contribution in [-0.4, -0.2) is 40.9 Å². The molecule has 1 N–H and O–H groups in total. The quantitative estimate of drug-likeness (QED) is 0.564. The van der Waals surface area contributed by atoms with E-state index in [2.05, 4.69) is 30.8 Å². The topological polar surface area (TPSA) is 103 Å². The van der Waals surface area contributed by atoms with Crippen LogP contribution in [0.15, 0.2) is 47.7 Å². The van der Waals surface area contributed by atoms with Gasteiger partial charge in [-0.2, -0.15) is 21.2 Å². The van der Waals surface area contributed by atoms with Crippen LogP contribution in [0.3, 0.4) is 0 Å². The van der Waals surface area contributed by atoms with Gasteiger partial charge in [-0.1, -0.05) is 11.6 Å². The number of tetrazole rings is 1. The maximum atomic E-state index is 12.4. The largest absolute Gasteiger partial charge is 0.322 e. The molecule has 0 aliphatic heterocycles. The van der Waals surface area contributed by atoms with Gasteiger partial charge in [-0.15, -0.1) is 10.2 Å². The number of amides is 1. The van der Waals surface area contributed by atoms with Gasteiger partial charge in [0.25, 0.3) is 0 Å². The Balaban J connectivity index is 1.51. The highest BCUT2D eigenvalue weighted by atomic mass is 35.5. The molecule has 1 amide bonds. The third kappa shape index (κ3) is 3.46. The molecule has 11 heteroatoms. The zero-order valence-corrected chi connectivity index (χ0v) is 14.7. The second kappa shape index (κ2) is 7.02. The first-order valence-corrected chi connectivity index (χ1v) is 8.76. The molecule has 0 radical (unpaired) electrons. The van der Waals surface area contributed by atoms with Gasteiger partial charge in [0.15, 0.2) is 0 Å². The summed E-state index contributed by atoms with van der Waals surface area (Å²) in [6.45, 7) is -0.0829. The van der Waals surface area contributed by atoms with Crippen molar-refractivity contribution >= 4 is 34.5 Å². The van der Waals surface area contributed by atoms with Crippen LogP contribution in [0.5, 0.6) is 0 Å². The Morgan fingerprint density at radius 2 is 2.23 bits per heavy atom. The van der Waals surface area contributed by atoms with Crippen molar-refractivity contribution in [2.75, 3.05) is 5.32 Å². The summed E-state index contributed by atoms with van der Waals surface area (Å²) in [5, 5.41) is 23.3. The van der Waals surface area contributed by atoms with Gasteiger partial charge in [-0.25, -0.2) is 9.67 Å². The Kier molecular flexibility index (Phi) is 4.42. The molecule has 3 aromatic heterocycles. The molecule has 130 valence electrons. The average molecular weight is 387 g/mol. The van der Waals surface area contributed by atoms with Gasteiger partial charge in [-0.3, -0.25) is 4.79 Å². The van der Waals surface area contributed by atoms with Crippen LogP contribution >= 0.6 is 22.9 Å². The molecular weight excluding hydrogens is 376 g/mol. The number of anilines is 1. The molecule has 4 rings (SSSR count). The number of hydrogen-bond acceptors (Lipinski definition) is 7. The number of benzene rings is 1. The number of hydrogen-bond donors (Lipinski definition) is 1. The number of rotatable bonds is 5. The van der Waals surface area contributed by atoms with Gasteiger partial charge in [0.05, 0.1) is 11.4 Å². The molecule has 0 bridgehead atoms. The first kappa shape index (κ1) is 16.4. The monoisotopic (exact) mass is 386 g/mol. The van der Waals surface area contributed by atoms with Gasteiger partial charge in [0.1, 0.15) is 19.2 Å². The molecular formula is C15H11ClN8OS. The molecule has 4 aromatic rings. The maximum absolute atomic E-state index is 12.4. The van der Waals surface area contributed by atoms with Crippen LogP contribution in [0, 0.1) is 0 Å². The van der Waals surface area contributed by atoms with Crippen LogP contribution in [0.25, 0.3) is 17.1 Å². The molecule has 1 aromatic carbocycles. The van der Waals surface area contributed by atoms with Crippen LogP contribution in [0.1, 0.15) is 0 Å². The van der Waals surface area contributed by atoms with Crippen molar-refractivity contribution in [1.29, 1.82) is 0 Å². The average Bonchev–Trinajstić information content (AvgIpc) is 3.37. The van der Waals surface area contributed by atoms with E-state index in [-0.39, 0.29) is 12.5 Å². The van der Waals surface area contributed by atoms with Crippen molar-refractivity contribution < 1.29 is 4.79 Å². The zero-order chi connectivity index (χ0) is 17.9. The fraction of sp³-hybridized carbons (Fsp3) is 0.0667. The van der Waals surface area contributed by atoms with E-state index in [1.54, 1.807) is 18.2 Å². The molecule has 0 saturated heterocycles. The zero-order valence-electron chi connectivity index (χ0n) is 13.2. The van der Waals surface area contributed by atoms with E-state index in [9.17, 15) is 4.79 Å². The van der Waals surface area contributed by atoms with E-state index >= 15 is 0 Å². The van der Waals surface area contributed by atoms with Crippen molar-refractivity contribution in [1.82, 2.24) is 35.0 Å². The van der Waals surface area contributed by atoms with E-state index in [1.807, 2.05) is 16.8 Å². The Morgan fingerprint density at radius 3 is 3.00 bits per heavy atom. The van der Waals surface area contributed by atoms with E-state index in [0.29, 0.717) is 22.2 Å². The summed E-state index contributed by atoms with van der Waals surface area (Å²) < 4.78 is 1.54. The highest BCUT2D eigenvalue weighted by molar-refractivity contribution is 7.08. The number of carbonyl (C=O) groups is 1. The van der Waals surface area contributed by atoms with Crippen molar-refractivity contribution in [2.24, 2.45) is 0 Å². The summed E-state index contributed by atoms with van der Waals surface area (Å²) in [5.41, 5.74) is 2.02. The SMILES string of the molecule is O=C(Cn1nnc(-c2ccsc2)n1)Nc1cc(Cl)ccc1-n1cncn1. The fourth-order valence-corrected chi connectivity index (χ4v) is 3.08. The Bertz CT molecular complexity index is 1030. The second-order valence-electron chi connectivity index (χ2n) is 5.21. The number of thiophene rings is 1. The highest BCUT2D eigenvalue weighted by Gasteiger charge is 2.13. The molecule has 0 fully saturated rings. The standard InChI is InChI=1S/C15H11ClN8OS/c16-11-1-2-13(23-9-17-8-18-23)12(5-11)19-14(25)6-24-21-15(20-22-24)10-3-4-26-7-10/h1-5,7-9H,6H2,(H,19,25). The van der Waals surface area contributed by atoms with E-state index < -0.39 is 0 Å². The summed E-state index contributed by atoms with van der Waals surface area (Å²) in [5.74, 6) is 0.160. The van der Waals surface area contributed by atoms with Crippen molar-refractivity contribution in [3.63, 3.8) is 0 Å². The van der Waals surface area contributed by atoms with E-state index in [0.717, 1.165) is 5.56 Å². The predicted molar refractivity (Wildman–Crippen MR) is 96.1 cm³/mol. The first-order chi connectivity index (χ1) is 12.7. The second-order valence-corrected chi connectivity index (χ2v) is 6.42. The molecule has 0 aliphatic carbocycles. The molecule has 0 unspecified atom stereocenters. The fourth-order valence-electron chi connectivity index (χ4n) is 2.28. The van der Waals surface area contributed by atoms with Crippen LogP contribution in [-0.2, 0) is 11.3 Å². The normalized spacial score (nSPS) is 10.8. The van der Waals surface area contributed by atoms with Gasteiger partial charge in [0.2, 0.25) is 11.7 Å². The highest BCUT2D eigenvalue weighted by Crippen LogP contribution is 2.24. The van der Waals surface area contributed by atoms with Gasteiger partial charge < -0.3 is 5.32 Å². The van der Waals surface area contributed by atoms with Crippen LogP contribution in [0.4, 0.5) is 5.69 Å². The predicted octanol–water partition coefficient (Wildman–Crippen LogP) is 2.27. The number of halogens is 1. The van der Waals surface area contributed by atoms with Crippen molar-refractivity contribution in [3.05, 3.63) is 52.7 Å². The van der Waals surface area contributed by atoms with E-state index in [4.69, 9.17) is 11.6 Å². The number of nitrogens with one attached hydrogen (secondary N) is 1. The van der Waals surface area contributed by atoms with E-state index in [1.165, 1.54) is 33.5 Å². The summed E-state index contributed by atoms with van der Waals surface area (Å²) in [6.07, 6.45) is 2.94. The maximum Gasteiger partial charge on any atom is 0.248 e. The Hall–Kier alpha value is -3.11. The molecule has 0 saturated carbocycles. The Morgan fingerprint density at radius 1 is 1.31 bits per heavy atom. The lowest BCUT2D eigenvalue weighted by atomic mass is 10.2. The molecule has 0 atom stereocenters. The molecule has 26 heavy (non-hydrogen) atoms. The minimum atomic E-state index is -0.317. The van der Waals surface area contributed by atoms with Gasteiger partial charge >= 0.3 is 0 Å². The number of aromatic nitrogens is 7. The summed E-state index contributed by atoms with van der Waals surface area (Å²) >= 11 is 7.59. The smallest absolute Gasteiger partial charge is 0.248 e. The molecule has 0 spiro atoms. The lowest BCUT2D eigenvalue weighted by Gasteiger charge is -2.11. The van der Waals surface area contributed by atoms with Crippen LogP contribution in [0.2, 0.25) is 5.02 Å². The number of carbonyl (C=O) groups excluding carboxylic acids is 1. The lowest BCUT2D eigenvalue weighted by Crippen LogP contribution is -2.21. The molecule has 0 aliphatic rings. The minimum absolute atomic E-state index is 0.0829.